The van der Waals surface area contributed by atoms with Crippen LogP contribution in [0, 0.1) is 11.6 Å². The zero-order valence-electron chi connectivity index (χ0n) is 9.19. The van der Waals surface area contributed by atoms with E-state index in [0.29, 0.717) is 18.2 Å². The molecule has 84 valence electrons. The Kier molecular flexibility index (Phi) is 4.69. The molecule has 0 aliphatic carbocycles. The maximum Gasteiger partial charge on any atom is 0.130 e. The third kappa shape index (κ3) is 3.59. The number of benzene rings is 1. The fraction of sp³-hybridized carbons (Fsp3) is 0.500. The number of rotatable bonds is 5. The average molecular weight is 213 g/mol. The highest BCUT2D eigenvalue weighted by atomic mass is 19.1. The maximum absolute atomic E-state index is 13.2. The van der Waals surface area contributed by atoms with Gasteiger partial charge in [0.2, 0.25) is 0 Å². The first-order valence-electron chi connectivity index (χ1n) is 5.34. The van der Waals surface area contributed by atoms with E-state index in [1.807, 2.05) is 0 Å². The molecule has 0 fully saturated rings. The molecule has 1 N–H and O–H groups in total. The van der Waals surface area contributed by atoms with Gasteiger partial charge in [0.05, 0.1) is 0 Å². The van der Waals surface area contributed by atoms with E-state index in [9.17, 15) is 8.78 Å². The first kappa shape index (κ1) is 12.1. The highest BCUT2D eigenvalue weighted by molar-refractivity contribution is 5.18. The fourth-order valence-electron chi connectivity index (χ4n) is 1.50. The van der Waals surface area contributed by atoms with Crippen LogP contribution in [0.25, 0.3) is 0 Å². The van der Waals surface area contributed by atoms with Crippen molar-refractivity contribution in [3.8, 4) is 0 Å². The molecule has 1 aromatic carbocycles. The van der Waals surface area contributed by atoms with Gasteiger partial charge in [0, 0.05) is 24.2 Å². The van der Waals surface area contributed by atoms with Crippen LogP contribution in [0.15, 0.2) is 18.2 Å². The lowest BCUT2D eigenvalue weighted by Gasteiger charge is -2.14. The van der Waals surface area contributed by atoms with E-state index in [-0.39, 0.29) is 0 Å². The molecule has 0 spiro atoms. The molecule has 0 saturated carbocycles. The van der Waals surface area contributed by atoms with Crippen molar-refractivity contribution in [2.24, 2.45) is 0 Å². The molecule has 3 heteroatoms. The van der Waals surface area contributed by atoms with Gasteiger partial charge in [-0.1, -0.05) is 19.9 Å². The summed E-state index contributed by atoms with van der Waals surface area (Å²) in [7, 11) is 0. The highest BCUT2D eigenvalue weighted by Crippen LogP contribution is 2.10. The summed E-state index contributed by atoms with van der Waals surface area (Å²) < 4.78 is 25.8. The van der Waals surface area contributed by atoms with Crippen molar-refractivity contribution in [2.45, 2.75) is 39.3 Å². The van der Waals surface area contributed by atoms with E-state index in [1.165, 1.54) is 12.1 Å². The molecule has 0 heterocycles. The zero-order valence-corrected chi connectivity index (χ0v) is 9.19. The van der Waals surface area contributed by atoms with Crippen molar-refractivity contribution in [1.82, 2.24) is 5.32 Å². The fourth-order valence-corrected chi connectivity index (χ4v) is 1.50. The van der Waals surface area contributed by atoms with Crippen LogP contribution < -0.4 is 5.32 Å². The maximum atomic E-state index is 13.2. The summed E-state index contributed by atoms with van der Waals surface area (Å²) in [4.78, 5) is 0. The zero-order chi connectivity index (χ0) is 11.3. The Morgan fingerprint density at radius 3 is 2.40 bits per heavy atom. The van der Waals surface area contributed by atoms with Gasteiger partial charge in [0.25, 0.3) is 0 Å². The average Bonchev–Trinajstić information content (AvgIpc) is 2.22. The van der Waals surface area contributed by atoms with E-state index < -0.39 is 11.6 Å². The van der Waals surface area contributed by atoms with E-state index in [2.05, 4.69) is 19.2 Å². The number of hydrogen-bond acceptors (Lipinski definition) is 1. The molecule has 0 aliphatic rings. The van der Waals surface area contributed by atoms with Crippen LogP contribution in [0.3, 0.4) is 0 Å². The molecule has 0 atom stereocenters. The molecule has 15 heavy (non-hydrogen) atoms. The van der Waals surface area contributed by atoms with Crippen LogP contribution in [0.4, 0.5) is 8.78 Å². The Morgan fingerprint density at radius 2 is 1.87 bits per heavy atom. The van der Waals surface area contributed by atoms with Crippen LogP contribution in [-0.2, 0) is 6.54 Å². The van der Waals surface area contributed by atoms with Gasteiger partial charge in [0.15, 0.2) is 0 Å². The molecule has 0 bridgehead atoms. The Morgan fingerprint density at radius 1 is 1.20 bits per heavy atom. The number of nitrogens with one attached hydrogen (secondary N) is 1. The minimum absolute atomic E-state index is 0.398. The summed E-state index contributed by atoms with van der Waals surface area (Å²) in [5.74, 6) is -1.01. The standard InChI is InChI=1S/C12H17F2N/c1-3-11(4-2)15-8-9-5-6-10(13)7-12(9)14/h5-7,11,15H,3-4,8H2,1-2H3. The second kappa shape index (κ2) is 5.81. The topological polar surface area (TPSA) is 12.0 Å². The van der Waals surface area contributed by atoms with Crippen molar-refractivity contribution in [2.75, 3.05) is 0 Å². The summed E-state index contributed by atoms with van der Waals surface area (Å²) in [6, 6.07) is 4.09. The van der Waals surface area contributed by atoms with Gasteiger partial charge >= 0.3 is 0 Å². The Bertz CT molecular complexity index is 308. The normalized spacial score (nSPS) is 11.0. The van der Waals surface area contributed by atoms with Gasteiger partial charge in [-0.2, -0.15) is 0 Å². The van der Waals surface area contributed by atoms with Crippen molar-refractivity contribution in [1.29, 1.82) is 0 Å². The molecule has 0 aliphatic heterocycles. The van der Waals surface area contributed by atoms with E-state index in [4.69, 9.17) is 0 Å². The summed E-state index contributed by atoms with van der Waals surface area (Å²) in [6.07, 6.45) is 2.03. The Hall–Kier alpha value is -0.960. The van der Waals surface area contributed by atoms with Crippen molar-refractivity contribution in [3.05, 3.63) is 35.4 Å². The second-order valence-electron chi connectivity index (χ2n) is 3.63. The monoisotopic (exact) mass is 213 g/mol. The molecular formula is C12H17F2N. The lowest BCUT2D eigenvalue weighted by Crippen LogP contribution is -2.27. The van der Waals surface area contributed by atoms with Gasteiger partial charge in [-0.05, 0) is 18.9 Å². The smallest absolute Gasteiger partial charge is 0.130 e. The molecule has 0 aromatic heterocycles. The predicted molar refractivity (Wildman–Crippen MR) is 57.6 cm³/mol. The van der Waals surface area contributed by atoms with E-state index in [1.54, 1.807) is 0 Å². The largest absolute Gasteiger partial charge is 0.310 e. The lowest BCUT2D eigenvalue weighted by molar-refractivity contribution is 0.473. The number of hydrogen-bond donors (Lipinski definition) is 1. The molecule has 0 radical (unpaired) electrons. The molecule has 0 amide bonds. The Balaban J connectivity index is 2.57. The molecular weight excluding hydrogens is 196 g/mol. The van der Waals surface area contributed by atoms with Gasteiger partial charge in [-0.15, -0.1) is 0 Å². The molecule has 1 nitrogen and oxygen atoms in total. The van der Waals surface area contributed by atoms with Crippen molar-refractivity contribution >= 4 is 0 Å². The van der Waals surface area contributed by atoms with Crippen LogP contribution in [0.5, 0.6) is 0 Å². The summed E-state index contributed by atoms with van der Waals surface area (Å²) >= 11 is 0. The SMILES string of the molecule is CCC(CC)NCc1ccc(F)cc1F. The predicted octanol–water partition coefficient (Wildman–Crippen LogP) is 3.24. The minimum Gasteiger partial charge on any atom is -0.310 e. The summed E-state index contributed by atoms with van der Waals surface area (Å²) in [5.41, 5.74) is 0.517. The van der Waals surface area contributed by atoms with E-state index in [0.717, 1.165) is 18.9 Å². The Labute approximate surface area is 89.5 Å². The molecule has 0 unspecified atom stereocenters. The van der Waals surface area contributed by atoms with Gasteiger partial charge in [-0.3, -0.25) is 0 Å². The first-order chi connectivity index (χ1) is 7.17. The van der Waals surface area contributed by atoms with Crippen molar-refractivity contribution in [3.63, 3.8) is 0 Å². The molecule has 1 rings (SSSR count). The van der Waals surface area contributed by atoms with Crippen LogP contribution >= 0.6 is 0 Å². The van der Waals surface area contributed by atoms with Crippen LogP contribution in [0.1, 0.15) is 32.3 Å². The van der Waals surface area contributed by atoms with Crippen LogP contribution in [0.2, 0.25) is 0 Å². The third-order valence-corrected chi connectivity index (χ3v) is 2.58. The van der Waals surface area contributed by atoms with Gasteiger partial charge in [-0.25, -0.2) is 8.78 Å². The van der Waals surface area contributed by atoms with Crippen molar-refractivity contribution < 1.29 is 8.78 Å². The number of halogens is 2. The molecule has 0 saturated heterocycles. The minimum atomic E-state index is -0.529. The lowest BCUT2D eigenvalue weighted by atomic mass is 10.1. The second-order valence-corrected chi connectivity index (χ2v) is 3.63. The first-order valence-corrected chi connectivity index (χ1v) is 5.34. The van der Waals surface area contributed by atoms with E-state index >= 15 is 0 Å². The highest BCUT2D eigenvalue weighted by Gasteiger charge is 2.06. The van der Waals surface area contributed by atoms with Gasteiger partial charge in [0.1, 0.15) is 11.6 Å². The quantitative estimate of drug-likeness (QED) is 0.791. The summed E-state index contributed by atoms with van der Waals surface area (Å²) in [5, 5.41) is 3.23. The third-order valence-electron chi connectivity index (χ3n) is 2.58. The molecule has 1 aromatic rings. The van der Waals surface area contributed by atoms with Gasteiger partial charge < -0.3 is 5.32 Å². The summed E-state index contributed by atoms with van der Waals surface area (Å²) in [6.45, 7) is 4.63. The van der Waals surface area contributed by atoms with Crippen LogP contribution in [-0.4, -0.2) is 6.04 Å².